The maximum absolute atomic E-state index is 12.8. The Labute approximate surface area is 124 Å². The highest BCUT2D eigenvalue weighted by molar-refractivity contribution is 6.30. The molecule has 2 unspecified atom stereocenters. The Balaban J connectivity index is 2.29. The zero-order valence-electron chi connectivity index (χ0n) is 11.9. The average Bonchev–Trinajstić information content (AvgIpc) is 2.46. The van der Waals surface area contributed by atoms with Crippen molar-refractivity contribution in [2.45, 2.75) is 38.3 Å². The van der Waals surface area contributed by atoms with Crippen LogP contribution in [-0.4, -0.2) is 36.5 Å². The van der Waals surface area contributed by atoms with Crippen molar-refractivity contribution in [2.24, 2.45) is 5.73 Å². The number of benzene rings is 1. The summed E-state index contributed by atoms with van der Waals surface area (Å²) in [5.74, 6) is 0.483. The Morgan fingerprint density at radius 1 is 1.50 bits per heavy atom. The van der Waals surface area contributed by atoms with E-state index >= 15 is 0 Å². The van der Waals surface area contributed by atoms with Crippen molar-refractivity contribution >= 4 is 17.5 Å². The highest BCUT2D eigenvalue weighted by Crippen LogP contribution is 2.27. The first-order valence-corrected chi connectivity index (χ1v) is 7.32. The monoisotopic (exact) mass is 296 g/mol. The van der Waals surface area contributed by atoms with Crippen LogP contribution in [0.1, 0.15) is 36.5 Å². The summed E-state index contributed by atoms with van der Waals surface area (Å²) in [4.78, 5) is 14.6. The second-order valence-electron chi connectivity index (χ2n) is 5.27. The van der Waals surface area contributed by atoms with Crippen LogP contribution in [0, 0.1) is 0 Å². The third-order valence-electron chi connectivity index (χ3n) is 3.81. The van der Waals surface area contributed by atoms with Crippen molar-refractivity contribution in [3.05, 3.63) is 28.8 Å². The smallest absolute Gasteiger partial charge is 0.257 e. The Bertz CT molecular complexity index is 491. The van der Waals surface area contributed by atoms with E-state index in [0.29, 0.717) is 16.3 Å². The number of hydrogen-bond acceptors (Lipinski definition) is 3. The molecule has 2 N–H and O–H groups in total. The van der Waals surface area contributed by atoms with Crippen LogP contribution in [0.2, 0.25) is 5.02 Å². The number of nitrogens with two attached hydrogens (primary N) is 1. The minimum atomic E-state index is -0.0301. The number of ether oxygens (including phenoxy) is 1. The lowest BCUT2D eigenvalue weighted by Crippen LogP contribution is -2.51. The standard InChI is InChI=1S/C15H21ClN2O2/c1-10(17)13-5-3-4-8-18(13)15(19)12-7-6-11(16)9-14(12)20-2/h6-7,9-10,13H,3-5,8,17H2,1-2H3. The molecule has 0 saturated carbocycles. The number of carbonyl (C=O) groups excluding carboxylic acids is 1. The quantitative estimate of drug-likeness (QED) is 0.933. The molecule has 20 heavy (non-hydrogen) atoms. The van der Waals surface area contributed by atoms with Gasteiger partial charge in [0.1, 0.15) is 5.75 Å². The molecule has 1 aromatic carbocycles. The molecule has 0 aromatic heterocycles. The van der Waals surface area contributed by atoms with E-state index < -0.39 is 0 Å². The molecule has 1 aromatic rings. The largest absolute Gasteiger partial charge is 0.496 e. The molecule has 1 aliphatic rings. The summed E-state index contributed by atoms with van der Waals surface area (Å²) < 4.78 is 5.27. The van der Waals surface area contributed by atoms with Crippen LogP contribution in [0.4, 0.5) is 0 Å². The van der Waals surface area contributed by atoms with Crippen molar-refractivity contribution in [3.8, 4) is 5.75 Å². The van der Waals surface area contributed by atoms with E-state index in [1.807, 2.05) is 11.8 Å². The fourth-order valence-electron chi connectivity index (χ4n) is 2.75. The summed E-state index contributed by atoms with van der Waals surface area (Å²) in [5, 5.41) is 0.556. The van der Waals surface area contributed by atoms with Crippen molar-refractivity contribution in [2.75, 3.05) is 13.7 Å². The van der Waals surface area contributed by atoms with E-state index in [4.69, 9.17) is 22.1 Å². The van der Waals surface area contributed by atoms with Gasteiger partial charge in [-0.15, -0.1) is 0 Å². The number of likely N-dealkylation sites (tertiary alicyclic amines) is 1. The summed E-state index contributed by atoms with van der Waals surface area (Å²) in [6.45, 7) is 2.70. The normalized spacial score (nSPS) is 20.6. The minimum Gasteiger partial charge on any atom is -0.496 e. The highest BCUT2D eigenvalue weighted by Gasteiger charge is 2.31. The lowest BCUT2D eigenvalue weighted by molar-refractivity contribution is 0.0580. The van der Waals surface area contributed by atoms with Crippen molar-refractivity contribution < 1.29 is 9.53 Å². The second-order valence-corrected chi connectivity index (χ2v) is 5.70. The van der Waals surface area contributed by atoms with Gasteiger partial charge in [-0.2, -0.15) is 0 Å². The zero-order valence-corrected chi connectivity index (χ0v) is 12.7. The van der Waals surface area contributed by atoms with Gasteiger partial charge >= 0.3 is 0 Å². The van der Waals surface area contributed by atoms with E-state index in [1.54, 1.807) is 25.3 Å². The predicted octanol–water partition coefficient (Wildman–Crippen LogP) is 2.69. The van der Waals surface area contributed by atoms with Gasteiger partial charge in [-0.3, -0.25) is 4.79 Å². The number of halogens is 1. The summed E-state index contributed by atoms with van der Waals surface area (Å²) in [7, 11) is 1.54. The molecule has 0 aliphatic carbocycles. The lowest BCUT2D eigenvalue weighted by Gasteiger charge is -2.38. The second kappa shape index (κ2) is 6.46. The van der Waals surface area contributed by atoms with Crippen LogP contribution in [0.3, 0.4) is 0 Å². The summed E-state index contributed by atoms with van der Waals surface area (Å²) in [6.07, 6.45) is 3.10. The van der Waals surface area contributed by atoms with Gasteiger partial charge in [-0.1, -0.05) is 11.6 Å². The molecular weight excluding hydrogens is 276 g/mol. The molecule has 0 spiro atoms. The van der Waals surface area contributed by atoms with Crippen LogP contribution >= 0.6 is 11.6 Å². The Morgan fingerprint density at radius 3 is 2.90 bits per heavy atom. The fourth-order valence-corrected chi connectivity index (χ4v) is 2.91. The van der Waals surface area contributed by atoms with Crippen LogP contribution in [0.25, 0.3) is 0 Å². The van der Waals surface area contributed by atoms with Crippen LogP contribution in [0.15, 0.2) is 18.2 Å². The first-order valence-electron chi connectivity index (χ1n) is 6.94. The average molecular weight is 297 g/mol. The van der Waals surface area contributed by atoms with Crippen molar-refractivity contribution in [1.29, 1.82) is 0 Å². The molecule has 1 heterocycles. The van der Waals surface area contributed by atoms with Gasteiger partial charge in [-0.05, 0) is 44.4 Å². The number of rotatable bonds is 3. The summed E-state index contributed by atoms with van der Waals surface area (Å²) >= 11 is 5.94. The van der Waals surface area contributed by atoms with E-state index in [0.717, 1.165) is 25.8 Å². The number of carbonyl (C=O) groups is 1. The topological polar surface area (TPSA) is 55.6 Å². The number of hydrogen-bond donors (Lipinski definition) is 1. The molecule has 1 saturated heterocycles. The molecule has 1 amide bonds. The highest BCUT2D eigenvalue weighted by atomic mass is 35.5. The van der Waals surface area contributed by atoms with Gasteiger partial charge in [0.15, 0.2) is 0 Å². The Hall–Kier alpha value is -1.26. The van der Waals surface area contributed by atoms with Gasteiger partial charge in [0, 0.05) is 23.7 Å². The lowest BCUT2D eigenvalue weighted by atomic mass is 9.96. The van der Waals surface area contributed by atoms with Gasteiger partial charge in [0.05, 0.1) is 12.7 Å². The molecule has 5 heteroatoms. The van der Waals surface area contributed by atoms with E-state index in [-0.39, 0.29) is 18.0 Å². The molecule has 0 bridgehead atoms. The number of nitrogens with zero attached hydrogens (tertiary/aromatic N) is 1. The van der Waals surface area contributed by atoms with Crippen LogP contribution in [0.5, 0.6) is 5.75 Å². The first kappa shape index (κ1) is 15.1. The maximum Gasteiger partial charge on any atom is 0.257 e. The third kappa shape index (κ3) is 3.07. The van der Waals surface area contributed by atoms with Gasteiger partial charge in [0.25, 0.3) is 5.91 Å². The van der Waals surface area contributed by atoms with E-state index in [1.165, 1.54) is 0 Å². The molecule has 1 aliphatic heterocycles. The third-order valence-corrected chi connectivity index (χ3v) is 4.05. The van der Waals surface area contributed by atoms with Crippen molar-refractivity contribution in [3.63, 3.8) is 0 Å². The molecule has 1 fully saturated rings. The number of piperidine rings is 1. The number of methoxy groups -OCH3 is 1. The first-order chi connectivity index (χ1) is 9.54. The van der Waals surface area contributed by atoms with Crippen LogP contribution < -0.4 is 10.5 Å². The number of amides is 1. The predicted molar refractivity (Wildman–Crippen MR) is 80.3 cm³/mol. The van der Waals surface area contributed by atoms with E-state index in [2.05, 4.69) is 0 Å². The summed E-state index contributed by atoms with van der Waals surface area (Å²) in [5.41, 5.74) is 6.57. The van der Waals surface area contributed by atoms with E-state index in [9.17, 15) is 4.79 Å². The molecule has 2 rings (SSSR count). The Kier molecular flexibility index (Phi) is 4.89. The Morgan fingerprint density at radius 2 is 2.25 bits per heavy atom. The molecule has 4 nitrogen and oxygen atoms in total. The summed E-state index contributed by atoms with van der Waals surface area (Å²) in [6, 6.07) is 5.16. The van der Waals surface area contributed by atoms with Gasteiger partial charge in [-0.25, -0.2) is 0 Å². The van der Waals surface area contributed by atoms with Crippen LogP contribution in [-0.2, 0) is 0 Å². The molecular formula is C15H21ClN2O2. The maximum atomic E-state index is 12.8. The SMILES string of the molecule is COc1cc(Cl)ccc1C(=O)N1CCCCC1C(C)N. The van der Waals surface area contributed by atoms with Crippen molar-refractivity contribution in [1.82, 2.24) is 4.90 Å². The molecule has 2 atom stereocenters. The molecule has 0 radical (unpaired) electrons. The fraction of sp³-hybridized carbons (Fsp3) is 0.533. The van der Waals surface area contributed by atoms with Gasteiger partial charge < -0.3 is 15.4 Å². The zero-order chi connectivity index (χ0) is 14.7. The molecule has 110 valence electrons. The minimum absolute atomic E-state index is 0.0273. The van der Waals surface area contributed by atoms with Gasteiger partial charge in [0.2, 0.25) is 0 Å².